The lowest BCUT2D eigenvalue weighted by molar-refractivity contribution is 0.348. The van der Waals surface area contributed by atoms with Crippen LogP contribution in [0.1, 0.15) is 22.5 Å². The Bertz CT molecular complexity index is 1420. The second-order valence-corrected chi connectivity index (χ2v) is 7.68. The predicted octanol–water partition coefficient (Wildman–Crippen LogP) is 5.20. The Balaban J connectivity index is 1.93. The van der Waals surface area contributed by atoms with Crippen molar-refractivity contribution in [1.82, 2.24) is 9.55 Å². The van der Waals surface area contributed by atoms with Gasteiger partial charge in [0.25, 0.3) is 5.56 Å². The van der Waals surface area contributed by atoms with Gasteiger partial charge in [-0.2, -0.15) is 0 Å². The molecule has 3 aromatic carbocycles. The Hall–Kier alpha value is -4.06. The molecule has 0 aliphatic heterocycles. The van der Waals surface area contributed by atoms with Crippen LogP contribution in [0.25, 0.3) is 28.7 Å². The summed E-state index contributed by atoms with van der Waals surface area (Å²) < 4.78 is 18.0. The van der Waals surface area contributed by atoms with Gasteiger partial charge in [0.2, 0.25) is 0 Å². The fourth-order valence-corrected chi connectivity index (χ4v) is 3.72. The van der Waals surface area contributed by atoms with Crippen molar-refractivity contribution < 1.29 is 14.2 Å². The molecule has 0 N–H and O–H groups in total. The van der Waals surface area contributed by atoms with Gasteiger partial charge in [0.15, 0.2) is 11.5 Å². The third kappa shape index (κ3) is 4.20. The molecule has 6 nitrogen and oxygen atoms in total. The van der Waals surface area contributed by atoms with Gasteiger partial charge >= 0.3 is 0 Å². The van der Waals surface area contributed by atoms with Crippen LogP contribution in [0.3, 0.4) is 0 Å². The molecule has 0 radical (unpaired) electrons. The first-order valence-corrected chi connectivity index (χ1v) is 10.5. The van der Waals surface area contributed by atoms with Crippen LogP contribution in [0.4, 0.5) is 0 Å². The molecular weight excluding hydrogens is 416 g/mol. The quantitative estimate of drug-likeness (QED) is 0.411. The van der Waals surface area contributed by atoms with E-state index in [1.54, 1.807) is 38.0 Å². The Morgan fingerprint density at radius 3 is 2.18 bits per heavy atom. The zero-order chi connectivity index (χ0) is 23.5. The van der Waals surface area contributed by atoms with E-state index in [4.69, 9.17) is 19.2 Å². The molecule has 4 aromatic rings. The first-order valence-electron chi connectivity index (χ1n) is 10.5. The standard InChI is InChI=1S/C27H26N2O4/c1-17-10-12-20(14-18(17)2)29-26(28-22-9-7-6-8-21(22)27(29)30)13-11-19-15-24(32-4)25(33-5)16-23(19)31-3/h6-16H,1-5H3. The number of aromatic nitrogens is 2. The number of ether oxygens (including phenoxy) is 3. The SMILES string of the molecule is COc1cc(OC)c(OC)cc1C=Cc1nc2ccccc2c(=O)n1-c1ccc(C)c(C)c1. The van der Waals surface area contributed by atoms with Crippen LogP contribution in [0.2, 0.25) is 0 Å². The monoisotopic (exact) mass is 442 g/mol. The van der Waals surface area contributed by atoms with Crippen molar-refractivity contribution in [1.29, 1.82) is 0 Å². The van der Waals surface area contributed by atoms with Crippen molar-refractivity contribution in [3.63, 3.8) is 0 Å². The first kappa shape index (κ1) is 22.1. The van der Waals surface area contributed by atoms with Gasteiger partial charge < -0.3 is 14.2 Å². The molecule has 33 heavy (non-hydrogen) atoms. The lowest BCUT2D eigenvalue weighted by Crippen LogP contribution is -2.22. The number of rotatable bonds is 6. The highest BCUT2D eigenvalue weighted by Gasteiger charge is 2.13. The number of para-hydroxylation sites is 1. The van der Waals surface area contributed by atoms with Crippen molar-refractivity contribution in [2.45, 2.75) is 13.8 Å². The highest BCUT2D eigenvalue weighted by Crippen LogP contribution is 2.35. The minimum atomic E-state index is -0.122. The number of hydrogen-bond acceptors (Lipinski definition) is 5. The summed E-state index contributed by atoms with van der Waals surface area (Å²) >= 11 is 0. The Labute approximate surface area is 192 Å². The fraction of sp³-hybridized carbons (Fsp3) is 0.185. The minimum Gasteiger partial charge on any atom is -0.496 e. The highest BCUT2D eigenvalue weighted by atomic mass is 16.5. The number of fused-ring (bicyclic) bond motifs is 1. The summed E-state index contributed by atoms with van der Waals surface area (Å²) in [6.07, 6.45) is 3.67. The number of aryl methyl sites for hydroxylation is 2. The second kappa shape index (κ2) is 9.20. The van der Waals surface area contributed by atoms with E-state index in [0.717, 1.165) is 22.4 Å². The number of hydrogen-bond donors (Lipinski definition) is 0. The number of nitrogens with zero attached hydrogens (tertiary/aromatic N) is 2. The van der Waals surface area contributed by atoms with Crippen LogP contribution in [0.5, 0.6) is 17.2 Å². The molecule has 0 bridgehead atoms. The van der Waals surface area contributed by atoms with Crippen LogP contribution in [0.15, 0.2) is 59.4 Å². The third-order valence-corrected chi connectivity index (χ3v) is 5.70. The molecule has 6 heteroatoms. The average molecular weight is 443 g/mol. The lowest BCUT2D eigenvalue weighted by Gasteiger charge is -2.14. The van der Waals surface area contributed by atoms with Crippen LogP contribution in [-0.2, 0) is 0 Å². The molecular formula is C27H26N2O4. The number of benzene rings is 3. The summed E-state index contributed by atoms with van der Waals surface area (Å²) in [7, 11) is 4.76. The third-order valence-electron chi connectivity index (χ3n) is 5.70. The summed E-state index contributed by atoms with van der Waals surface area (Å²) in [4.78, 5) is 18.3. The van der Waals surface area contributed by atoms with Gasteiger partial charge in [0.1, 0.15) is 11.6 Å². The molecule has 0 fully saturated rings. The Morgan fingerprint density at radius 1 is 0.788 bits per heavy atom. The smallest absolute Gasteiger partial charge is 0.266 e. The molecule has 0 aliphatic rings. The van der Waals surface area contributed by atoms with E-state index >= 15 is 0 Å². The maximum atomic E-state index is 13.5. The molecule has 0 aliphatic carbocycles. The van der Waals surface area contributed by atoms with Crippen molar-refractivity contribution in [3.05, 3.63) is 87.5 Å². The van der Waals surface area contributed by atoms with E-state index in [-0.39, 0.29) is 5.56 Å². The fourth-order valence-electron chi connectivity index (χ4n) is 3.72. The van der Waals surface area contributed by atoms with E-state index in [9.17, 15) is 4.79 Å². The summed E-state index contributed by atoms with van der Waals surface area (Å²) in [5.74, 6) is 2.28. The number of methoxy groups -OCH3 is 3. The van der Waals surface area contributed by atoms with Crippen LogP contribution in [-0.4, -0.2) is 30.9 Å². The second-order valence-electron chi connectivity index (χ2n) is 7.68. The van der Waals surface area contributed by atoms with Gasteiger partial charge in [-0.25, -0.2) is 4.98 Å². The van der Waals surface area contributed by atoms with Gasteiger partial charge in [0.05, 0.1) is 37.9 Å². The van der Waals surface area contributed by atoms with Gasteiger partial charge in [-0.1, -0.05) is 18.2 Å². The Morgan fingerprint density at radius 2 is 1.48 bits per heavy atom. The Kier molecular flexibility index (Phi) is 6.18. The molecule has 0 spiro atoms. The topological polar surface area (TPSA) is 62.6 Å². The molecule has 0 saturated heterocycles. The highest BCUT2D eigenvalue weighted by molar-refractivity contribution is 5.80. The molecule has 0 unspecified atom stereocenters. The zero-order valence-corrected chi connectivity index (χ0v) is 19.4. The van der Waals surface area contributed by atoms with Crippen LogP contribution < -0.4 is 19.8 Å². The van der Waals surface area contributed by atoms with Gasteiger partial charge in [-0.05, 0) is 67.5 Å². The molecule has 1 aromatic heterocycles. The average Bonchev–Trinajstić information content (AvgIpc) is 2.84. The summed E-state index contributed by atoms with van der Waals surface area (Å²) in [5.41, 5.74) is 4.31. The molecule has 0 saturated carbocycles. The van der Waals surface area contributed by atoms with Gasteiger partial charge in [0, 0.05) is 11.6 Å². The summed E-state index contributed by atoms with van der Waals surface area (Å²) in [6.45, 7) is 4.08. The van der Waals surface area contributed by atoms with E-state index < -0.39 is 0 Å². The normalized spacial score (nSPS) is 11.2. The van der Waals surface area contributed by atoms with Gasteiger partial charge in [-0.15, -0.1) is 0 Å². The van der Waals surface area contributed by atoms with Crippen LogP contribution >= 0.6 is 0 Å². The predicted molar refractivity (Wildman–Crippen MR) is 132 cm³/mol. The van der Waals surface area contributed by atoms with Gasteiger partial charge in [-0.3, -0.25) is 9.36 Å². The molecule has 4 rings (SSSR count). The van der Waals surface area contributed by atoms with Crippen LogP contribution in [0, 0.1) is 13.8 Å². The van der Waals surface area contributed by atoms with E-state index in [1.807, 2.05) is 68.5 Å². The van der Waals surface area contributed by atoms with Crippen molar-refractivity contribution in [3.8, 4) is 22.9 Å². The van der Waals surface area contributed by atoms with Crippen molar-refractivity contribution in [2.24, 2.45) is 0 Å². The maximum Gasteiger partial charge on any atom is 0.266 e. The zero-order valence-electron chi connectivity index (χ0n) is 19.4. The molecule has 0 amide bonds. The summed E-state index contributed by atoms with van der Waals surface area (Å²) in [6, 6.07) is 16.9. The van der Waals surface area contributed by atoms with E-state index in [2.05, 4.69) is 0 Å². The largest absolute Gasteiger partial charge is 0.496 e. The molecule has 0 atom stereocenters. The van der Waals surface area contributed by atoms with E-state index in [0.29, 0.717) is 34.0 Å². The summed E-state index contributed by atoms with van der Waals surface area (Å²) in [5, 5.41) is 0.566. The van der Waals surface area contributed by atoms with Crippen molar-refractivity contribution >= 4 is 23.1 Å². The molecule has 168 valence electrons. The maximum absolute atomic E-state index is 13.5. The first-order chi connectivity index (χ1) is 16.0. The minimum absolute atomic E-state index is 0.122. The van der Waals surface area contributed by atoms with E-state index in [1.165, 1.54) is 0 Å². The lowest BCUT2D eigenvalue weighted by atomic mass is 10.1. The molecule has 1 heterocycles. The van der Waals surface area contributed by atoms with Crippen molar-refractivity contribution in [2.75, 3.05) is 21.3 Å².